The third-order valence-corrected chi connectivity index (χ3v) is 7.12. The Morgan fingerprint density at radius 1 is 1.31 bits per heavy atom. The van der Waals surface area contributed by atoms with E-state index in [4.69, 9.17) is 17.2 Å². The monoisotopic (exact) mass is 425 g/mol. The predicted molar refractivity (Wildman–Crippen MR) is 127 cm³/mol. The van der Waals surface area contributed by atoms with Gasteiger partial charge in [0.25, 0.3) is 5.91 Å². The van der Waals surface area contributed by atoms with Gasteiger partial charge in [-0.2, -0.15) is 0 Å². The Bertz CT molecular complexity index is 993. The van der Waals surface area contributed by atoms with Crippen LogP contribution in [-0.2, 0) is 4.79 Å². The smallest absolute Gasteiger partial charge is 0.266 e. The number of thioether (sulfide) groups is 1. The predicted octanol–water partition coefficient (Wildman–Crippen LogP) is 5.39. The van der Waals surface area contributed by atoms with E-state index in [1.54, 1.807) is 4.90 Å². The van der Waals surface area contributed by atoms with Gasteiger partial charge in [0, 0.05) is 30.6 Å². The first-order valence-electron chi connectivity index (χ1n) is 10.4. The number of fused-ring (bicyclic) bond motifs is 1. The second kappa shape index (κ2) is 8.44. The molecule has 1 aromatic heterocycles. The van der Waals surface area contributed by atoms with Crippen LogP contribution >= 0.6 is 24.0 Å². The molecule has 1 aromatic carbocycles. The molecule has 0 N–H and O–H groups in total. The molecular formula is C23H27N3OS2. The lowest BCUT2D eigenvalue weighted by atomic mass is 9.98. The van der Waals surface area contributed by atoms with Gasteiger partial charge >= 0.3 is 0 Å². The fraction of sp³-hybridized carbons (Fsp3) is 0.435. The van der Waals surface area contributed by atoms with E-state index in [1.165, 1.54) is 30.2 Å². The van der Waals surface area contributed by atoms with Crippen molar-refractivity contribution in [2.24, 2.45) is 5.92 Å². The van der Waals surface area contributed by atoms with Crippen molar-refractivity contribution in [1.29, 1.82) is 0 Å². The van der Waals surface area contributed by atoms with E-state index in [1.807, 2.05) is 6.08 Å². The maximum atomic E-state index is 12.9. The number of pyridine rings is 1. The second-order valence-corrected chi connectivity index (χ2v) is 9.73. The van der Waals surface area contributed by atoms with E-state index < -0.39 is 0 Å². The largest absolute Gasteiger partial charge is 0.356 e. The summed E-state index contributed by atoms with van der Waals surface area (Å²) in [5, 5.41) is 1.11. The third-order valence-electron chi connectivity index (χ3n) is 5.75. The number of nitrogens with zero attached hydrogens (tertiary/aromatic N) is 3. The van der Waals surface area contributed by atoms with E-state index in [0.29, 0.717) is 15.8 Å². The van der Waals surface area contributed by atoms with Crippen LogP contribution in [0.2, 0.25) is 0 Å². The Hall–Kier alpha value is -1.92. The lowest BCUT2D eigenvalue weighted by Gasteiger charge is -2.32. The van der Waals surface area contributed by atoms with Crippen molar-refractivity contribution in [3.05, 3.63) is 40.3 Å². The summed E-state index contributed by atoms with van der Waals surface area (Å²) in [6, 6.07) is 8.44. The average molecular weight is 426 g/mol. The molecule has 0 spiro atoms. The topological polar surface area (TPSA) is 36.4 Å². The van der Waals surface area contributed by atoms with Crippen LogP contribution in [0.3, 0.4) is 0 Å². The van der Waals surface area contributed by atoms with Crippen molar-refractivity contribution >= 4 is 57.0 Å². The molecule has 2 saturated heterocycles. The molecule has 4 rings (SSSR count). The number of aryl methyl sites for hydroxylation is 1. The number of rotatable bonds is 4. The Kier molecular flexibility index (Phi) is 5.93. The fourth-order valence-corrected chi connectivity index (χ4v) is 5.29. The maximum Gasteiger partial charge on any atom is 0.266 e. The van der Waals surface area contributed by atoms with Crippen molar-refractivity contribution in [2.45, 2.75) is 40.0 Å². The minimum atomic E-state index is 0.0180. The van der Waals surface area contributed by atoms with Gasteiger partial charge in [0.05, 0.1) is 10.4 Å². The van der Waals surface area contributed by atoms with Crippen LogP contribution in [-0.4, -0.2) is 39.7 Å². The highest BCUT2D eigenvalue weighted by atomic mass is 32.2. The van der Waals surface area contributed by atoms with E-state index >= 15 is 0 Å². The van der Waals surface area contributed by atoms with Crippen LogP contribution in [0.15, 0.2) is 29.2 Å². The summed E-state index contributed by atoms with van der Waals surface area (Å²) >= 11 is 6.85. The molecule has 0 saturated carbocycles. The molecule has 0 aliphatic carbocycles. The highest BCUT2D eigenvalue weighted by Crippen LogP contribution is 2.36. The zero-order valence-corrected chi connectivity index (χ0v) is 18.9. The number of carbonyl (C=O) groups excluding carboxylic acids is 1. The molecule has 29 heavy (non-hydrogen) atoms. The number of anilines is 1. The van der Waals surface area contributed by atoms with Gasteiger partial charge in [-0.15, -0.1) is 0 Å². The Labute approximate surface area is 182 Å². The normalized spacial score (nSPS) is 19.8. The van der Waals surface area contributed by atoms with Gasteiger partial charge in [-0.25, -0.2) is 4.98 Å². The summed E-state index contributed by atoms with van der Waals surface area (Å²) in [5.41, 5.74) is 3.22. The molecule has 2 aliphatic heterocycles. The maximum absolute atomic E-state index is 12.9. The van der Waals surface area contributed by atoms with E-state index in [0.717, 1.165) is 47.7 Å². The lowest BCUT2D eigenvalue weighted by molar-refractivity contribution is -0.122. The fourth-order valence-electron chi connectivity index (χ4n) is 3.99. The Morgan fingerprint density at radius 3 is 2.79 bits per heavy atom. The average Bonchev–Trinajstić information content (AvgIpc) is 2.96. The standard InChI is InChI=1S/C23H27N3OS2/c1-4-10-26-22(27)19(29-23(26)28)14-18-13-17-7-5-6-16(3)20(17)24-21(18)25-11-8-15(2)9-12-25/h5-7,13-15H,4,8-12H2,1-3H3/b19-14-. The first-order chi connectivity index (χ1) is 14.0. The number of thiocarbonyl (C=S) groups is 1. The number of hydrogen-bond acceptors (Lipinski definition) is 5. The lowest BCUT2D eigenvalue weighted by Crippen LogP contribution is -2.34. The van der Waals surface area contributed by atoms with Gasteiger partial charge in [0.2, 0.25) is 0 Å². The van der Waals surface area contributed by atoms with Crippen molar-refractivity contribution in [3.63, 3.8) is 0 Å². The van der Waals surface area contributed by atoms with Crippen molar-refractivity contribution in [2.75, 3.05) is 24.5 Å². The molecular weight excluding hydrogens is 398 g/mol. The molecule has 2 fully saturated rings. The molecule has 0 bridgehead atoms. The molecule has 4 nitrogen and oxygen atoms in total. The van der Waals surface area contributed by atoms with Crippen LogP contribution in [0.4, 0.5) is 5.82 Å². The zero-order chi connectivity index (χ0) is 20.5. The van der Waals surface area contributed by atoms with E-state index in [-0.39, 0.29) is 5.91 Å². The van der Waals surface area contributed by atoms with Crippen molar-refractivity contribution in [1.82, 2.24) is 9.88 Å². The van der Waals surface area contributed by atoms with Crippen LogP contribution in [0.5, 0.6) is 0 Å². The summed E-state index contributed by atoms with van der Waals surface area (Å²) < 4.78 is 0.654. The van der Waals surface area contributed by atoms with Gasteiger partial charge in [-0.05, 0) is 49.8 Å². The second-order valence-electron chi connectivity index (χ2n) is 8.05. The highest BCUT2D eigenvalue weighted by molar-refractivity contribution is 8.26. The number of hydrogen-bond donors (Lipinski definition) is 0. The van der Waals surface area contributed by atoms with Crippen LogP contribution in [0.1, 0.15) is 44.2 Å². The molecule has 0 unspecified atom stereocenters. The van der Waals surface area contributed by atoms with E-state index in [2.05, 4.69) is 49.9 Å². The molecule has 6 heteroatoms. The van der Waals surface area contributed by atoms with Crippen LogP contribution in [0.25, 0.3) is 17.0 Å². The van der Waals surface area contributed by atoms with Gasteiger partial charge in [-0.3, -0.25) is 9.69 Å². The molecule has 0 radical (unpaired) electrons. The Morgan fingerprint density at radius 2 is 2.07 bits per heavy atom. The minimum Gasteiger partial charge on any atom is -0.356 e. The van der Waals surface area contributed by atoms with Gasteiger partial charge in [0.1, 0.15) is 10.1 Å². The molecule has 1 amide bonds. The first-order valence-corrected chi connectivity index (χ1v) is 11.6. The van der Waals surface area contributed by atoms with Crippen molar-refractivity contribution < 1.29 is 4.79 Å². The SMILES string of the molecule is CCCN1C(=O)/C(=C/c2cc3cccc(C)c3nc2N2CCC(C)CC2)SC1=S. The number of aromatic nitrogens is 1. The van der Waals surface area contributed by atoms with Crippen molar-refractivity contribution in [3.8, 4) is 0 Å². The van der Waals surface area contributed by atoms with Crippen LogP contribution in [0, 0.1) is 12.8 Å². The molecule has 152 valence electrons. The van der Waals surface area contributed by atoms with Gasteiger partial charge in [0.15, 0.2) is 0 Å². The summed E-state index contributed by atoms with van der Waals surface area (Å²) in [6.45, 7) is 9.16. The molecule has 0 atom stereocenters. The zero-order valence-electron chi connectivity index (χ0n) is 17.3. The number of carbonyl (C=O) groups is 1. The quantitative estimate of drug-likeness (QED) is 0.485. The third kappa shape index (κ3) is 4.05. The minimum absolute atomic E-state index is 0.0180. The molecule has 3 heterocycles. The van der Waals surface area contributed by atoms with Gasteiger partial charge in [-0.1, -0.05) is 56.0 Å². The summed E-state index contributed by atoms with van der Waals surface area (Å²) in [5.74, 6) is 1.76. The summed E-state index contributed by atoms with van der Waals surface area (Å²) in [6.07, 6.45) is 5.24. The summed E-state index contributed by atoms with van der Waals surface area (Å²) in [7, 11) is 0. The number of piperidine rings is 1. The van der Waals surface area contributed by atoms with Crippen LogP contribution < -0.4 is 4.90 Å². The Balaban J connectivity index is 1.79. The number of amides is 1. The number of benzene rings is 1. The first kappa shape index (κ1) is 20.4. The molecule has 2 aliphatic rings. The highest BCUT2D eigenvalue weighted by Gasteiger charge is 2.32. The van der Waals surface area contributed by atoms with E-state index in [9.17, 15) is 4.79 Å². The summed E-state index contributed by atoms with van der Waals surface area (Å²) in [4.78, 5) is 22.7. The molecule has 2 aromatic rings. The van der Waals surface area contributed by atoms with Gasteiger partial charge < -0.3 is 4.90 Å². The number of para-hydroxylation sites is 1.